The van der Waals surface area contributed by atoms with E-state index in [1.54, 1.807) is 0 Å². The van der Waals surface area contributed by atoms with Gasteiger partial charge in [-0.25, -0.2) is 0 Å². The summed E-state index contributed by atoms with van der Waals surface area (Å²) in [4.78, 5) is 4.83. The van der Waals surface area contributed by atoms with Gasteiger partial charge >= 0.3 is 0 Å². The van der Waals surface area contributed by atoms with Crippen molar-refractivity contribution in [3.63, 3.8) is 0 Å². The first-order valence-corrected chi connectivity index (χ1v) is 6.52. The Morgan fingerprint density at radius 1 is 1.31 bits per heavy atom. The topological polar surface area (TPSA) is 26.7 Å². The molecule has 1 unspecified atom stereocenters. The summed E-state index contributed by atoms with van der Waals surface area (Å²) in [5, 5.41) is 9.51. The third-order valence-corrected chi connectivity index (χ3v) is 3.38. The van der Waals surface area contributed by atoms with E-state index < -0.39 is 0 Å². The molecule has 0 radical (unpaired) electrons. The zero-order valence-electron chi connectivity index (χ0n) is 11.4. The van der Waals surface area contributed by atoms with Gasteiger partial charge in [-0.15, -0.1) is 0 Å². The maximum absolute atomic E-state index is 9.51. The van der Waals surface area contributed by atoms with Crippen molar-refractivity contribution in [3.05, 3.63) is 0 Å². The molecule has 0 bridgehead atoms. The van der Waals surface area contributed by atoms with E-state index in [4.69, 9.17) is 0 Å². The largest absolute Gasteiger partial charge is 0.395 e. The highest BCUT2D eigenvalue weighted by molar-refractivity contribution is 4.86. The van der Waals surface area contributed by atoms with Crippen molar-refractivity contribution >= 4 is 0 Å². The number of nitrogens with zero attached hydrogens (tertiary/aromatic N) is 2. The highest BCUT2D eigenvalue weighted by Crippen LogP contribution is 2.23. The van der Waals surface area contributed by atoms with Crippen LogP contribution < -0.4 is 0 Å². The molecule has 1 aliphatic rings. The summed E-state index contributed by atoms with van der Waals surface area (Å²) in [6.45, 7) is 11.5. The SMILES string of the molecule is CCCCN1CC(C)(C)CN(C)CC1CO. The molecule has 1 rings (SSSR count). The van der Waals surface area contributed by atoms with Crippen LogP contribution in [0.4, 0.5) is 0 Å². The molecule has 1 atom stereocenters. The monoisotopic (exact) mass is 228 g/mol. The normalized spacial score (nSPS) is 27.9. The number of aliphatic hydroxyl groups excluding tert-OH is 1. The second kappa shape index (κ2) is 5.99. The standard InChI is InChI=1S/C13H28N2O/c1-5-6-7-15-11-13(2,3)10-14(4)8-12(15)9-16/h12,16H,5-11H2,1-4H3. The molecule has 0 spiro atoms. The van der Waals surface area contributed by atoms with E-state index in [0.717, 1.165) is 26.2 Å². The van der Waals surface area contributed by atoms with Crippen LogP contribution in [0.25, 0.3) is 0 Å². The van der Waals surface area contributed by atoms with Crippen molar-refractivity contribution in [1.82, 2.24) is 9.80 Å². The summed E-state index contributed by atoms with van der Waals surface area (Å²) in [5.74, 6) is 0. The van der Waals surface area contributed by atoms with Gasteiger partial charge in [0.25, 0.3) is 0 Å². The Bertz CT molecular complexity index is 206. The highest BCUT2D eigenvalue weighted by atomic mass is 16.3. The van der Waals surface area contributed by atoms with Gasteiger partial charge in [0.15, 0.2) is 0 Å². The first-order valence-electron chi connectivity index (χ1n) is 6.52. The van der Waals surface area contributed by atoms with Crippen LogP contribution in [-0.4, -0.2) is 60.8 Å². The van der Waals surface area contributed by atoms with Gasteiger partial charge < -0.3 is 10.0 Å². The van der Waals surface area contributed by atoms with E-state index in [1.165, 1.54) is 12.8 Å². The quantitative estimate of drug-likeness (QED) is 0.788. The lowest BCUT2D eigenvalue weighted by molar-refractivity contribution is 0.103. The van der Waals surface area contributed by atoms with Gasteiger partial charge in [0.05, 0.1) is 6.61 Å². The highest BCUT2D eigenvalue weighted by Gasteiger charge is 2.31. The molecule has 1 saturated heterocycles. The summed E-state index contributed by atoms with van der Waals surface area (Å²) in [6, 6.07) is 0.318. The molecule has 1 aliphatic heterocycles. The maximum atomic E-state index is 9.51. The third-order valence-electron chi connectivity index (χ3n) is 3.38. The molecule has 16 heavy (non-hydrogen) atoms. The fraction of sp³-hybridized carbons (Fsp3) is 1.00. The number of hydrogen-bond donors (Lipinski definition) is 1. The van der Waals surface area contributed by atoms with Crippen molar-refractivity contribution in [2.24, 2.45) is 5.41 Å². The van der Waals surface area contributed by atoms with Gasteiger partial charge in [-0.2, -0.15) is 0 Å². The average Bonchev–Trinajstić information content (AvgIpc) is 2.30. The Balaban J connectivity index is 2.67. The van der Waals surface area contributed by atoms with Crippen LogP contribution in [0, 0.1) is 5.41 Å². The van der Waals surface area contributed by atoms with Gasteiger partial charge in [-0.3, -0.25) is 4.90 Å². The van der Waals surface area contributed by atoms with Crippen molar-refractivity contribution in [2.75, 3.05) is 39.8 Å². The van der Waals surface area contributed by atoms with E-state index in [1.807, 2.05) is 0 Å². The Kier molecular flexibility index (Phi) is 5.22. The van der Waals surface area contributed by atoms with Gasteiger partial charge in [-0.1, -0.05) is 27.2 Å². The molecular formula is C13H28N2O. The number of aliphatic hydroxyl groups is 1. The Labute approximate surface area is 100 Å². The Morgan fingerprint density at radius 3 is 2.56 bits per heavy atom. The second-order valence-corrected chi connectivity index (χ2v) is 6.02. The van der Waals surface area contributed by atoms with Gasteiger partial charge in [0, 0.05) is 25.7 Å². The van der Waals surface area contributed by atoms with E-state index in [2.05, 4.69) is 37.6 Å². The molecule has 1 N–H and O–H groups in total. The number of likely N-dealkylation sites (N-methyl/N-ethyl adjacent to an activating group) is 1. The summed E-state index contributed by atoms with van der Waals surface area (Å²) in [6.07, 6.45) is 2.46. The first kappa shape index (κ1) is 13.9. The molecule has 0 aromatic heterocycles. The molecule has 0 aromatic carbocycles. The van der Waals surface area contributed by atoms with Crippen LogP contribution in [0.15, 0.2) is 0 Å². The molecule has 0 aliphatic carbocycles. The van der Waals surface area contributed by atoms with Crippen molar-refractivity contribution < 1.29 is 5.11 Å². The minimum absolute atomic E-state index is 0.282. The zero-order valence-corrected chi connectivity index (χ0v) is 11.4. The van der Waals surface area contributed by atoms with E-state index in [-0.39, 0.29) is 6.61 Å². The van der Waals surface area contributed by atoms with Crippen LogP contribution in [0.5, 0.6) is 0 Å². The van der Waals surface area contributed by atoms with E-state index >= 15 is 0 Å². The summed E-state index contributed by atoms with van der Waals surface area (Å²) in [7, 11) is 2.16. The number of unbranched alkanes of at least 4 members (excludes halogenated alkanes) is 1. The molecule has 96 valence electrons. The Morgan fingerprint density at radius 2 is 2.00 bits per heavy atom. The molecule has 1 heterocycles. The fourth-order valence-electron chi connectivity index (χ4n) is 2.80. The number of rotatable bonds is 4. The molecular weight excluding hydrogens is 200 g/mol. The fourth-order valence-corrected chi connectivity index (χ4v) is 2.80. The van der Waals surface area contributed by atoms with Crippen LogP contribution in [0.2, 0.25) is 0 Å². The van der Waals surface area contributed by atoms with Crippen LogP contribution in [-0.2, 0) is 0 Å². The molecule has 3 heteroatoms. The zero-order chi connectivity index (χ0) is 12.2. The lowest BCUT2D eigenvalue weighted by Crippen LogP contribution is -2.44. The van der Waals surface area contributed by atoms with E-state index in [0.29, 0.717) is 11.5 Å². The van der Waals surface area contributed by atoms with Gasteiger partial charge in [0.2, 0.25) is 0 Å². The summed E-state index contributed by atoms with van der Waals surface area (Å²) >= 11 is 0. The van der Waals surface area contributed by atoms with Crippen LogP contribution >= 0.6 is 0 Å². The summed E-state index contributed by atoms with van der Waals surface area (Å²) < 4.78 is 0. The number of hydrogen-bond acceptors (Lipinski definition) is 3. The lowest BCUT2D eigenvalue weighted by atomic mass is 9.92. The minimum atomic E-state index is 0.282. The molecule has 1 fully saturated rings. The first-order chi connectivity index (χ1) is 7.48. The van der Waals surface area contributed by atoms with Crippen LogP contribution in [0.1, 0.15) is 33.6 Å². The minimum Gasteiger partial charge on any atom is -0.395 e. The van der Waals surface area contributed by atoms with Crippen molar-refractivity contribution in [2.45, 2.75) is 39.7 Å². The molecule has 0 aromatic rings. The van der Waals surface area contributed by atoms with Crippen molar-refractivity contribution in [1.29, 1.82) is 0 Å². The summed E-state index contributed by atoms with van der Waals surface area (Å²) in [5.41, 5.74) is 0.326. The van der Waals surface area contributed by atoms with Crippen LogP contribution in [0.3, 0.4) is 0 Å². The predicted molar refractivity (Wildman–Crippen MR) is 68.6 cm³/mol. The second-order valence-electron chi connectivity index (χ2n) is 6.02. The average molecular weight is 228 g/mol. The maximum Gasteiger partial charge on any atom is 0.0599 e. The smallest absolute Gasteiger partial charge is 0.0599 e. The van der Waals surface area contributed by atoms with Crippen molar-refractivity contribution in [3.8, 4) is 0 Å². The van der Waals surface area contributed by atoms with Gasteiger partial charge in [0.1, 0.15) is 0 Å². The predicted octanol–water partition coefficient (Wildman–Crippen LogP) is 1.42. The lowest BCUT2D eigenvalue weighted by Gasteiger charge is -2.32. The Hall–Kier alpha value is -0.120. The van der Waals surface area contributed by atoms with Gasteiger partial charge in [-0.05, 0) is 25.4 Å². The van der Waals surface area contributed by atoms with E-state index in [9.17, 15) is 5.11 Å². The molecule has 0 amide bonds. The third kappa shape index (κ3) is 4.04. The molecule has 3 nitrogen and oxygen atoms in total. The molecule has 0 saturated carbocycles.